The number of nitrogens with zero attached hydrogens (tertiary/aromatic N) is 6. The molecule has 4 aromatic heterocycles. The van der Waals surface area contributed by atoms with Crippen LogP contribution in [0.25, 0.3) is 22.3 Å². The number of fused-ring (bicyclic) bond motifs is 2. The van der Waals surface area contributed by atoms with Gasteiger partial charge in [-0.2, -0.15) is 0 Å². The van der Waals surface area contributed by atoms with Gasteiger partial charge in [-0.25, -0.2) is 19.6 Å². The molecule has 0 spiro atoms. The van der Waals surface area contributed by atoms with Crippen LogP contribution in [0.15, 0.2) is 31.8 Å². The third-order valence-electron chi connectivity index (χ3n) is 5.83. The summed E-state index contributed by atoms with van der Waals surface area (Å²) in [5.41, 5.74) is -0.517. The van der Waals surface area contributed by atoms with E-state index in [1.165, 1.54) is 21.8 Å². The fourth-order valence-corrected chi connectivity index (χ4v) is 4.48. The number of H-pyrrole nitrogens is 2. The molecule has 0 radical (unpaired) electrons. The van der Waals surface area contributed by atoms with Gasteiger partial charge in [-0.3, -0.25) is 37.0 Å². The number of hydrogen-bond donors (Lipinski definition) is 6. The third-order valence-corrected chi connectivity index (χ3v) is 6.73. The summed E-state index contributed by atoms with van der Waals surface area (Å²) in [6.45, 7) is 0.678. The molecule has 236 valence electrons. The first-order chi connectivity index (χ1) is 19.0. The average molecular weight is 639 g/mol. The van der Waals surface area contributed by atoms with Gasteiger partial charge in [-0.1, -0.05) is 0 Å². The van der Waals surface area contributed by atoms with E-state index in [1.807, 2.05) is 0 Å². The maximum atomic E-state index is 12.1. The average Bonchev–Trinajstić information content (AvgIpc) is 3.60. The number of aromatic nitrogens is 8. The molecule has 20 nitrogen and oxygen atoms in total. The van der Waals surface area contributed by atoms with Crippen molar-refractivity contribution in [1.82, 2.24) is 50.5 Å². The van der Waals surface area contributed by atoms with Gasteiger partial charge < -0.3 is 41.1 Å². The van der Waals surface area contributed by atoms with Crippen molar-refractivity contribution in [3.8, 4) is 0 Å². The number of rotatable bonds is 12. The largest absolute Gasteiger partial charge is 0.344 e. The zero-order chi connectivity index (χ0) is 29.4. The molecule has 0 aliphatic carbocycles. The van der Waals surface area contributed by atoms with Crippen molar-refractivity contribution in [2.75, 3.05) is 13.2 Å². The zero-order valence-electron chi connectivity index (χ0n) is 23.1. The van der Waals surface area contributed by atoms with E-state index < -0.39 is 39.0 Å². The minimum atomic E-state index is -2.92. The highest BCUT2D eigenvalue weighted by molar-refractivity contribution is 7.32. The highest BCUT2D eigenvalue weighted by Gasteiger charge is 2.13. The molecule has 22 heteroatoms. The first-order valence-corrected chi connectivity index (χ1v) is 14.5. The Morgan fingerprint density at radius 3 is 1.40 bits per heavy atom. The second-order valence-electron chi connectivity index (χ2n) is 8.44. The van der Waals surface area contributed by atoms with Crippen molar-refractivity contribution >= 4 is 38.8 Å². The lowest BCUT2D eigenvalue weighted by molar-refractivity contribution is 0.271. The van der Waals surface area contributed by atoms with Crippen LogP contribution in [0, 0.1) is 0 Å². The minimum absolute atomic E-state index is 0. The van der Waals surface area contributed by atoms with Gasteiger partial charge in [-0.05, 0) is 25.7 Å². The van der Waals surface area contributed by atoms with E-state index in [4.69, 9.17) is 9.79 Å². The standard InChI is InChI=1S/2C10H15N4O5P.2H3N/c2*1-13-8-7(11-6-12-8)9(15)14(10(13)16)4-2-3-5-19-20(17)18;;/h2*6,20H,2-5H2,1H3,(H,11,12)(H,17,18);2*1H3. The third kappa shape index (κ3) is 8.76. The van der Waals surface area contributed by atoms with Crippen LogP contribution in [0.4, 0.5) is 0 Å². The van der Waals surface area contributed by atoms with Crippen LogP contribution in [-0.2, 0) is 45.4 Å². The lowest BCUT2D eigenvalue weighted by Gasteiger charge is -2.07. The molecule has 0 aliphatic rings. The summed E-state index contributed by atoms with van der Waals surface area (Å²) >= 11 is 0. The van der Waals surface area contributed by atoms with Crippen LogP contribution in [0.1, 0.15) is 25.7 Å². The van der Waals surface area contributed by atoms with Crippen molar-refractivity contribution in [3.63, 3.8) is 0 Å². The maximum absolute atomic E-state index is 12.1. The number of unbranched alkanes of at least 4 members (excludes halogenated alkanes) is 2. The first-order valence-electron chi connectivity index (χ1n) is 12.0. The molecule has 0 aromatic carbocycles. The van der Waals surface area contributed by atoms with E-state index in [0.717, 1.165) is 9.13 Å². The van der Waals surface area contributed by atoms with Crippen LogP contribution < -0.4 is 34.8 Å². The molecule has 0 amide bonds. The molecule has 0 fully saturated rings. The van der Waals surface area contributed by atoms with Crippen LogP contribution in [-0.4, -0.2) is 61.2 Å². The maximum Gasteiger partial charge on any atom is 0.332 e. The molecule has 2 unspecified atom stereocenters. The van der Waals surface area contributed by atoms with Gasteiger partial charge in [0.15, 0.2) is 11.3 Å². The van der Waals surface area contributed by atoms with E-state index >= 15 is 0 Å². The van der Waals surface area contributed by atoms with Gasteiger partial charge >= 0.3 is 27.9 Å². The predicted molar refractivity (Wildman–Crippen MR) is 154 cm³/mol. The second kappa shape index (κ2) is 16.8. The number of nitrogens with one attached hydrogen (secondary N) is 2. The Hall–Kier alpha value is -3.48. The molecule has 0 saturated heterocycles. The Balaban J connectivity index is 0.000000401. The Morgan fingerprint density at radius 1 is 0.714 bits per heavy atom. The fraction of sp³-hybridized carbons (Fsp3) is 0.500. The molecule has 4 aromatic rings. The van der Waals surface area contributed by atoms with Gasteiger partial charge in [-0.15, -0.1) is 0 Å². The van der Waals surface area contributed by atoms with Crippen LogP contribution in [0.5, 0.6) is 0 Å². The van der Waals surface area contributed by atoms with E-state index in [9.17, 15) is 28.3 Å². The Morgan fingerprint density at radius 2 is 1.07 bits per heavy atom. The summed E-state index contributed by atoms with van der Waals surface area (Å²) in [6.07, 6.45) is 4.67. The molecule has 10 N–H and O–H groups in total. The van der Waals surface area contributed by atoms with Gasteiger partial charge in [0.2, 0.25) is 0 Å². The summed E-state index contributed by atoms with van der Waals surface area (Å²) in [4.78, 5) is 78.5. The van der Waals surface area contributed by atoms with E-state index in [-0.39, 0.29) is 49.6 Å². The predicted octanol–water partition coefficient (Wildman–Crippen LogP) is -0.472. The summed E-state index contributed by atoms with van der Waals surface area (Å²) in [6, 6.07) is 0. The molecule has 4 rings (SSSR count). The van der Waals surface area contributed by atoms with Crippen molar-refractivity contribution in [2.45, 2.75) is 38.8 Å². The summed E-state index contributed by atoms with van der Waals surface area (Å²) in [7, 11) is -2.75. The number of hydrogen-bond acceptors (Lipinski definition) is 12. The van der Waals surface area contributed by atoms with Gasteiger partial charge in [0.25, 0.3) is 11.1 Å². The van der Waals surface area contributed by atoms with E-state index in [2.05, 4.69) is 29.0 Å². The SMILES string of the molecule is Cn1c(=O)n(CCCCO[PH](=O)O)c(=O)c2[nH]cnc21.Cn1c(=O)n(CCCCO[PH](=O)O)c(=O)c2[nH]cnc21.N.N. The summed E-state index contributed by atoms with van der Waals surface area (Å²) in [5, 5.41) is 0. The number of aryl methyl sites for hydroxylation is 2. The molecular formula is C20H36N10O10P2. The fourth-order valence-electron chi connectivity index (χ4n) is 3.84. The first kappa shape index (κ1) is 36.5. The van der Waals surface area contributed by atoms with Crippen molar-refractivity contribution in [3.05, 3.63) is 54.3 Å². The van der Waals surface area contributed by atoms with Crippen LogP contribution in [0.2, 0.25) is 0 Å². The highest BCUT2D eigenvalue weighted by atomic mass is 31.1. The van der Waals surface area contributed by atoms with Crippen LogP contribution in [0.3, 0.4) is 0 Å². The molecule has 0 bridgehead atoms. The van der Waals surface area contributed by atoms with Gasteiger partial charge in [0.05, 0.1) is 25.9 Å². The topological polar surface area (TPSA) is 308 Å². The molecular weight excluding hydrogens is 602 g/mol. The Bertz CT molecular complexity index is 1620. The smallest absolute Gasteiger partial charge is 0.332 e. The number of imidazole rings is 2. The Labute approximate surface area is 238 Å². The quantitative estimate of drug-likeness (QED) is 0.0844. The van der Waals surface area contributed by atoms with Crippen molar-refractivity contribution in [1.29, 1.82) is 0 Å². The monoisotopic (exact) mass is 638 g/mol. The second-order valence-corrected chi connectivity index (χ2v) is 10.1. The van der Waals surface area contributed by atoms with E-state index in [1.54, 1.807) is 14.1 Å². The minimum Gasteiger partial charge on any atom is -0.344 e. The van der Waals surface area contributed by atoms with Gasteiger partial charge in [0, 0.05) is 27.2 Å². The molecule has 2 atom stereocenters. The summed E-state index contributed by atoms with van der Waals surface area (Å²) < 4.78 is 34.6. The summed E-state index contributed by atoms with van der Waals surface area (Å²) in [5.74, 6) is 0. The highest BCUT2D eigenvalue weighted by Crippen LogP contribution is 2.15. The molecule has 0 saturated carbocycles. The normalized spacial score (nSPS) is 12.3. The lowest BCUT2D eigenvalue weighted by atomic mass is 10.3. The molecule has 0 aliphatic heterocycles. The van der Waals surface area contributed by atoms with Crippen LogP contribution >= 0.6 is 16.5 Å². The van der Waals surface area contributed by atoms with Crippen molar-refractivity contribution < 1.29 is 28.0 Å². The lowest BCUT2D eigenvalue weighted by Crippen LogP contribution is -2.39. The Kier molecular flexibility index (Phi) is 14.6. The molecule has 4 heterocycles. The zero-order valence-corrected chi connectivity index (χ0v) is 25.1. The van der Waals surface area contributed by atoms with Crippen molar-refractivity contribution in [2.24, 2.45) is 14.1 Å². The van der Waals surface area contributed by atoms with E-state index in [0.29, 0.717) is 37.0 Å². The van der Waals surface area contributed by atoms with Gasteiger partial charge in [0.1, 0.15) is 11.0 Å². The molecule has 42 heavy (non-hydrogen) atoms. The number of aromatic amines is 2.